The fourth-order valence-electron chi connectivity index (χ4n) is 2.08. The number of nitrogens with zero attached hydrogens (tertiary/aromatic N) is 2. The summed E-state index contributed by atoms with van der Waals surface area (Å²) in [4.78, 5) is 6.23. The lowest BCUT2D eigenvalue weighted by atomic mass is 10.1. The van der Waals surface area contributed by atoms with Gasteiger partial charge in [-0.05, 0) is 23.6 Å². The smallest absolute Gasteiger partial charge is 0.136 e. The minimum absolute atomic E-state index is 0.0159. The van der Waals surface area contributed by atoms with Crippen molar-refractivity contribution in [3.05, 3.63) is 30.5 Å². The molecule has 0 aliphatic heterocycles. The first kappa shape index (κ1) is 13.6. The normalized spacial score (nSPS) is 10.7. The van der Waals surface area contributed by atoms with Gasteiger partial charge in [-0.1, -0.05) is 6.07 Å². The van der Waals surface area contributed by atoms with Gasteiger partial charge in [0, 0.05) is 24.7 Å². The zero-order valence-electron chi connectivity index (χ0n) is 10.9. The summed E-state index contributed by atoms with van der Waals surface area (Å²) in [5, 5.41) is 20.2. The van der Waals surface area contributed by atoms with Crippen molar-refractivity contribution >= 4 is 16.6 Å². The molecule has 0 radical (unpaired) electrons. The van der Waals surface area contributed by atoms with Crippen molar-refractivity contribution in [1.82, 2.24) is 4.98 Å². The van der Waals surface area contributed by atoms with Gasteiger partial charge in [-0.3, -0.25) is 0 Å². The number of aromatic nitrogens is 1. The molecule has 0 unspecified atom stereocenters. The summed E-state index contributed by atoms with van der Waals surface area (Å²) in [6.07, 6.45) is 1.73. The fraction of sp³-hybridized carbons (Fsp3) is 0.357. The molecular formula is C14H18N2O3. The summed E-state index contributed by atoms with van der Waals surface area (Å²) in [6, 6.07) is 7.71. The first-order valence-corrected chi connectivity index (χ1v) is 6.19. The number of rotatable bonds is 6. The Morgan fingerprint density at radius 3 is 2.53 bits per heavy atom. The van der Waals surface area contributed by atoms with Crippen LogP contribution in [0, 0.1) is 0 Å². The lowest BCUT2D eigenvalue weighted by Crippen LogP contribution is -2.30. The van der Waals surface area contributed by atoms with Crippen molar-refractivity contribution in [3.63, 3.8) is 0 Å². The van der Waals surface area contributed by atoms with E-state index in [4.69, 9.17) is 14.9 Å². The van der Waals surface area contributed by atoms with E-state index in [0.29, 0.717) is 13.1 Å². The maximum Gasteiger partial charge on any atom is 0.136 e. The Labute approximate surface area is 112 Å². The molecule has 0 atom stereocenters. The molecule has 1 aromatic carbocycles. The maximum absolute atomic E-state index is 9.12. The number of pyridine rings is 1. The van der Waals surface area contributed by atoms with Gasteiger partial charge < -0.3 is 19.8 Å². The van der Waals surface area contributed by atoms with Gasteiger partial charge >= 0.3 is 0 Å². The molecule has 2 N–H and O–H groups in total. The number of benzene rings is 1. The number of hydrogen-bond acceptors (Lipinski definition) is 5. The van der Waals surface area contributed by atoms with Crippen molar-refractivity contribution < 1.29 is 14.9 Å². The van der Waals surface area contributed by atoms with Crippen molar-refractivity contribution in [3.8, 4) is 5.75 Å². The Balaban J connectivity index is 2.50. The summed E-state index contributed by atoms with van der Waals surface area (Å²) in [5.74, 6) is 1.51. The molecule has 1 aromatic heterocycles. The lowest BCUT2D eigenvalue weighted by molar-refractivity contribution is 0.281. The second-order valence-electron chi connectivity index (χ2n) is 4.16. The molecule has 0 spiro atoms. The lowest BCUT2D eigenvalue weighted by Gasteiger charge is -2.23. The molecule has 0 aliphatic rings. The number of ether oxygens (including phenoxy) is 1. The van der Waals surface area contributed by atoms with Crippen molar-refractivity contribution in [1.29, 1.82) is 0 Å². The molecule has 0 bridgehead atoms. The highest BCUT2D eigenvalue weighted by Gasteiger charge is 2.11. The van der Waals surface area contributed by atoms with Gasteiger partial charge in [0.2, 0.25) is 0 Å². The van der Waals surface area contributed by atoms with E-state index in [1.807, 2.05) is 29.2 Å². The molecule has 5 heteroatoms. The van der Waals surface area contributed by atoms with E-state index in [2.05, 4.69) is 4.98 Å². The maximum atomic E-state index is 9.12. The second kappa shape index (κ2) is 6.36. The van der Waals surface area contributed by atoms with Gasteiger partial charge in [0.1, 0.15) is 11.6 Å². The molecule has 0 saturated heterocycles. The van der Waals surface area contributed by atoms with Crippen LogP contribution in [0.1, 0.15) is 0 Å². The van der Waals surface area contributed by atoms with Crippen LogP contribution >= 0.6 is 0 Å². The van der Waals surface area contributed by atoms with Crippen LogP contribution in [0.2, 0.25) is 0 Å². The third-order valence-corrected chi connectivity index (χ3v) is 2.99. The van der Waals surface area contributed by atoms with Gasteiger partial charge in [-0.15, -0.1) is 0 Å². The number of anilines is 1. The third-order valence-electron chi connectivity index (χ3n) is 2.99. The minimum atomic E-state index is 0.0159. The Kier molecular flexibility index (Phi) is 4.54. The van der Waals surface area contributed by atoms with E-state index < -0.39 is 0 Å². The van der Waals surface area contributed by atoms with Gasteiger partial charge in [0.05, 0.1) is 20.3 Å². The molecule has 0 saturated carbocycles. The van der Waals surface area contributed by atoms with Crippen LogP contribution in [-0.2, 0) is 0 Å². The summed E-state index contributed by atoms with van der Waals surface area (Å²) in [7, 11) is 1.62. The summed E-state index contributed by atoms with van der Waals surface area (Å²) >= 11 is 0. The van der Waals surface area contributed by atoms with E-state index in [-0.39, 0.29) is 13.2 Å². The summed E-state index contributed by atoms with van der Waals surface area (Å²) in [6.45, 7) is 0.901. The Morgan fingerprint density at radius 2 is 1.89 bits per heavy atom. The third kappa shape index (κ3) is 2.94. The van der Waals surface area contributed by atoms with Crippen molar-refractivity contribution in [2.24, 2.45) is 0 Å². The van der Waals surface area contributed by atoms with E-state index in [1.54, 1.807) is 13.3 Å². The molecular weight excluding hydrogens is 244 g/mol. The molecule has 102 valence electrons. The van der Waals surface area contributed by atoms with Gasteiger partial charge in [-0.25, -0.2) is 4.98 Å². The Morgan fingerprint density at radius 1 is 1.16 bits per heavy atom. The molecule has 5 nitrogen and oxygen atoms in total. The zero-order chi connectivity index (χ0) is 13.7. The largest absolute Gasteiger partial charge is 0.497 e. The number of hydrogen-bond donors (Lipinski definition) is 2. The van der Waals surface area contributed by atoms with Crippen LogP contribution < -0.4 is 9.64 Å². The molecule has 0 fully saturated rings. The van der Waals surface area contributed by atoms with E-state index in [0.717, 1.165) is 22.3 Å². The number of methoxy groups -OCH3 is 1. The van der Waals surface area contributed by atoms with Crippen molar-refractivity contribution in [2.75, 3.05) is 38.3 Å². The molecule has 2 rings (SSSR count). The van der Waals surface area contributed by atoms with Crippen molar-refractivity contribution in [2.45, 2.75) is 0 Å². The fourth-order valence-corrected chi connectivity index (χ4v) is 2.08. The predicted octanol–water partition coefficient (Wildman–Crippen LogP) is 1.03. The summed E-state index contributed by atoms with van der Waals surface area (Å²) < 4.78 is 5.23. The van der Waals surface area contributed by atoms with E-state index in [1.165, 1.54) is 0 Å². The zero-order valence-corrected chi connectivity index (χ0v) is 10.9. The average Bonchev–Trinajstić information content (AvgIpc) is 2.46. The van der Waals surface area contributed by atoms with Crippen LogP contribution in [0.4, 0.5) is 5.82 Å². The standard InChI is InChI=1S/C14H18N2O3/c1-19-12-3-2-11-4-5-15-14(13(11)10-12)16(6-8-17)7-9-18/h2-5,10,17-18H,6-9H2,1H3. The van der Waals surface area contributed by atoms with E-state index in [9.17, 15) is 0 Å². The first-order valence-electron chi connectivity index (χ1n) is 6.19. The Hall–Kier alpha value is -1.85. The molecule has 19 heavy (non-hydrogen) atoms. The molecule has 1 heterocycles. The van der Waals surface area contributed by atoms with Gasteiger partial charge in [0.25, 0.3) is 0 Å². The number of fused-ring (bicyclic) bond motifs is 1. The predicted molar refractivity (Wildman–Crippen MR) is 74.7 cm³/mol. The first-order chi connectivity index (χ1) is 9.30. The molecule has 0 amide bonds. The minimum Gasteiger partial charge on any atom is -0.497 e. The second-order valence-corrected chi connectivity index (χ2v) is 4.16. The average molecular weight is 262 g/mol. The van der Waals surface area contributed by atoms with Crippen LogP contribution in [0.3, 0.4) is 0 Å². The quantitative estimate of drug-likeness (QED) is 0.814. The molecule has 2 aromatic rings. The highest BCUT2D eigenvalue weighted by Crippen LogP contribution is 2.27. The Bertz CT molecular complexity index is 539. The van der Waals surface area contributed by atoms with Gasteiger partial charge in [0.15, 0.2) is 0 Å². The monoisotopic (exact) mass is 262 g/mol. The van der Waals surface area contributed by atoms with Crippen LogP contribution in [0.15, 0.2) is 30.5 Å². The highest BCUT2D eigenvalue weighted by atomic mass is 16.5. The van der Waals surface area contributed by atoms with Crippen LogP contribution in [-0.4, -0.2) is 48.6 Å². The van der Waals surface area contributed by atoms with Gasteiger partial charge in [-0.2, -0.15) is 0 Å². The van der Waals surface area contributed by atoms with E-state index >= 15 is 0 Å². The number of aliphatic hydroxyl groups excluding tert-OH is 2. The van der Waals surface area contributed by atoms with Crippen LogP contribution in [0.5, 0.6) is 5.75 Å². The SMILES string of the molecule is COc1ccc2ccnc(N(CCO)CCO)c2c1. The van der Waals surface area contributed by atoms with Crippen LogP contribution in [0.25, 0.3) is 10.8 Å². The number of aliphatic hydroxyl groups is 2. The molecule has 0 aliphatic carbocycles. The summed E-state index contributed by atoms with van der Waals surface area (Å²) in [5.41, 5.74) is 0. The highest BCUT2D eigenvalue weighted by molar-refractivity contribution is 5.93. The topological polar surface area (TPSA) is 65.8 Å².